The van der Waals surface area contributed by atoms with E-state index in [-0.39, 0.29) is 12.1 Å². The highest BCUT2D eigenvalue weighted by Crippen LogP contribution is 2.13. The van der Waals surface area contributed by atoms with E-state index in [1.807, 2.05) is 31.2 Å². The molecule has 0 saturated heterocycles. The molecule has 4 heteroatoms. The smallest absolute Gasteiger partial charge is 0.0712 e. The van der Waals surface area contributed by atoms with Gasteiger partial charge in [-0.15, -0.1) is 0 Å². The molecule has 0 radical (unpaired) electrons. The number of methoxy groups -OCH3 is 1. The molecule has 15 heavy (non-hydrogen) atoms. The van der Waals surface area contributed by atoms with E-state index in [1.165, 1.54) is 0 Å². The zero-order chi connectivity index (χ0) is 11.3. The number of ether oxygens (including phenoxy) is 1. The molecule has 0 aliphatic heterocycles. The predicted octanol–water partition coefficient (Wildman–Crippen LogP) is 1.75. The SMILES string of the molecule is COC(C)C(Cc1cccc(Cl)c1)NN. The van der Waals surface area contributed by atoms with Crippen LogP contribution in [0.1, 0.15) is 12.5 Å². The van der Waals surface area contributed by atoms with Crippen molar-refractivity contribution in [2.24, 2.45) is 5.84 Å². The van der Waals surface area contributed by atoms with Gasteiger partial charge in [0.25, 0.3) is 0 Å². The van der Waals surface area contributed by atoms with Gasteiger partial charge in [0.1, 0.15) is 0 Å². The van der Waals surface area contributed by atoms with Gasteiger partial charge in [0, 0.05) is 12.1 Å². The second-order valence-electron chi connectivity index (χ2n) is 3.55. The molecule has 3 nitrogen and oxygen atoms in total. The Morgan fingerprint density at radius 2 is 2.27 bits per heavy atom. The van der Waals surface area contributed by atoms with Crippen LogP contribution >= 0.6 is 11.6 Å². The number of rotatable bonds is 5. The Morgan fingerprint density at radius 3 is 2.80 bits per heavy atom. The first-order valence-corrected chi connectivity index (χ1v) is 5.28. The molecule has 2 atom stereocenters. The van der Waals surface area contributed by atoms with Gasteiger partial charge in [0.05, 0.1) is 12.1 Å². The van der Waals surface area contributed by atoms with E-state index in [4.69, 9.17) is 22.2 Å². The van der Waals surface area contributed by atoms with Crippen LogP contribution in [0.4, 0.5) is 0 Å². The van der Waals surface area contributed by atoms with Crippen LogP contribution in [0.3, 0.4) is 0 Å². The Labute approximate surface area is 95.5 Å². The molecule has 84 valence electrons. The Bertz CT molecular complexity index is 306. The number of halogens is 1. The number of benzene rings is 1. The van der Waals surface area contributed by atoms with Crippen LogP contribution in [0.25, 0.3) is 0 Å². The van der Waals surface area contributed by atoms with E-state index >= 15 is 0 Å². The van der Waals surface area contributed by atoms with Gasteiger partial charge in [-0.1, -0.05) is 23.7 Å². The third-order valence-corrected chi connectivity index (χ3v) is 2.73. The molecular formula is C11H17ClN2O. The van der Waals surface area contributed by atoms with Gasteiger partial charge in [-0.2, -0.15) is 0 Å². The van der Waals surface area contributed by atoms with Gasteiger partial charge >= 0.3 is 0 Å². The van der Waals surface area contributed by atoms with Gasteiger partial charge in [0.2, 0.25) is 0 Å². The van der Waals surface area contributed by atoms with E-state index in [0.717, 1.165) is 17.0 Å². The highest BCUT2D eigenvalue weighted by molar-refractivity contribution is 6.30. The fourth-order valence-corrected chi connectivity index (χ4v) is 1.66. The fourth-order valence-electron chi connectivity index (χ4n) is 1.44. The quantitative estimate of drug-likeness (QED) is 0.596. The van der Waals surface area contributed by atoms with E-state index in [0.29, 0.717) is 0 Å². The first-order chi connectivity index (χ1) is 7.17. The maximum Gasteiger partial charge on any atom is 0.0712 e. The van der Waals surface area contributed by atoms with E-state index < -0.39 is 0 Å². The molecular weight excluding hydrogens is 212 g/mol. The molecule has 0 aliphatic rings. The minimum absolute atomic E-state index is 0.0639. The normalized spacial score (nSPS) is 14.9. The molecule has 2 unspecified atom stereocenters. The lowest BCUT2D eigenvalue weighted by Crippen LogP contribution is -2.45. The molecule has 1 aromatic rings. The second kappa shape index (κ2) is 6.08. The molecule has 0 amide bonds. The summed E-state index contributed by atoms with van der Waals surface area (Å²) in [5.41, 5.74) is 3.90. The summed E-state index contributed by atoms with van der Waals surface area (Å²) in [5.74, 6) is 5.47. The highest BCUT2D eigenvalue weighted by Gasteiger charge is 2.15. The predicted molar refractivity (Wildman–Crippen MR) is 62.7 cm³/mol. The van der Waals surface area contributed by atoms with Gasteiger partial charge in [0.15, 0.2) is 0 Å². The Balaban J connectivity index is 2.66. The van der Waals surface area contributed by atoms with Crippen molar-refractivity contribution in [2.45, 2.75) is 25.5 Å². The fraction of sp³-hybridized carbons (Fsp3) is 0.455. The zero-order valence-corrected chi connectivity index (χ0v) is 9.79. The van der Waals surface area contributed by atoms with Crippen molar-refractivity contribution in [1.29, 1.82) is 0 Å². The molecule has 0 fully saturated rings. The van der Waals surface area contributed by atoms with Crippen molar-refractivity contribution in [3.8, 4) is 0 Å². The van der Waals surface area contributed by atoms with Gasteiger partial charge < -0.3 is 4.74 Å². The summed E-state index contributed by atoms with van der Waals surface area (Å²) in [7, 11) is 1.67. The van der Waals surface area contributed by atoms with Crippen molar-refractivity contribution in [2.75, 3.05) is 7.11 Å². The largest absolute Gasteiger partial charge is 0.380 e. The first kappa shape index (κ1) is 12.5. The Morgan fingerprint density at radius 1 is 1.53 bits per heavy atom. The van der Waals surface area contributed by atoms with Gasteiger partial charge in [-0.3, -0.25) is 11.3 Å². The number of hydrazine groups is 1. The van der Waals surface area contributed by atoms with E-state index in [2.05, 4.69) is 5.43 Å². The van der Waals surface area contributed by atoms with Crippen molar-refractivity contribution in [3.63, 3.8) is 0 Å². The minimum Gasteiger partial charge on any atom is -0.380 e. The van der Waals surface area contributed by atoms with Crippen LogP contribution in [0.5, 0.6) is 0 Å². The number of nitrogens with one attached hydrogen (secondary N) is 1. The van der Waals surface area contributed by atoms with Crippen molar-refractivity contribution in [1.82, 2.24) is 5.43 Å². The van der Waals surface area contributed by atoms with Crippen LogP contribution in [0, 0.1) is 0 Å². The molecule has 0 heterocycles. The number of hydrogen-bond donors (Lipinski definition) is 2. The number of nitrogens with two attached hydrogens (primary N) is 1. The molecule has 0 bridgehead atoms. The average Bonchev–Trinajstić information content (AvgIpc) is 2.25. The van der Waals surface area contributed by atoms with Crippen molar-refractivity contribution >= 4 is 11.6 Å². The zero-order valence-electron chi connectivity index (χ0n) is 9.03. The third-order valence-electron chi connectivity index (χ3n) is 2.50. The van der Waals surface area contributed by atoms with Crippen LogP contribution in [-0.2, 0) is 11.2 Å². The molecule has 0 spiro atoms. The van der Waals surface area contributed by atoms with Crippen molar-refractivity contribution in [3.05, 3.63) is 34.9 Å². The molecule has 1 aromatic carbocycles. The summed E-state index contributed by atoms with van der Waals surface area (Å²) in [6.07, 6.45) is 0.862. The third kappa shape index (κ3) is 3.80. The minimum atomic E-state index is 0.0639. The van der Waals surface area contributed by atoms with Crippen LogP contribution < -0.4 is 11.3 Å². The summed E-state index contributed by atoms with van der Waals surface area (Å²) >= 11 is 5.90. The maximum absolute atomic E-state index is 5.90. The van der Waals surface area contributed by atoms with E-state index in [1.54, 1.807) is 7.11 Å². The van der Waals surface area contributed by atoms with Gasteiger partial charge in [-0.25, -0.2) is 0 Å². The lowest BCUT2D eigenvalue weighted by Gasteiger charge is -2.22. The Hall–Kier alpha value is -0.610. The topological polar surface area (TPSA) is 47.3 Å². The average molecular weight is 229 g/mol. The van der Waals surface area contributed by atoms with Gasteiger partial charge in [-0.05, 0) is 31.0 Å². The van der Waals surface area contributed by atoms with Crippen LogP contribution in [0.15, 0.2) is 24.3 Å². The summed E-state index contributed by atoms with van der Waals surface area (Å²) in [6, 6.07) is 7.85. The monoisotopic (exact) mass is 228 g/mol. The summed E-state index contributed by atoms with van der Waals surface area (Å²) in [5, 5.41) is 0.744. The Kier molecular flexibility index (Phi) is 5.05. The molecule has 0 aliphatic carbocycles. The summed E-state index contributed by atoms with van der Waals surface area (Å²) < 4.78 is 5.23. The summed E-state index contributed by atoms with van der Waals surface area (Å²) in [4.78, 5) is 0. The molecule has 3 N–H and O–H groups in total. The summed E-state index contributed by atoms with van der Waals surface area (Å²) in [6.45, 7) is 1.98. The molecule has 0 aromatic heterocycles. The van der Waals surface area contributed by atoms with E-state index in [9.17, 15) is 0 Å². The van der Waals surface area contributed by atoms with Crippen LogP contribution in [0.2, 0.25) is 5.02 Å². The van der Waals surface area contributed by atoms with Crippen LogP contribution in [-0.4, -0.2) is 19.3 Å². The lowest BCUT2D eigenvalue weighted by atomic mass is 10.0. The second-order valence-corrected chi connectivity index (χ2v) is 3.98. The number of hydrogen-bond acceptors (Lipinski definition) is 3. The van der Waals surface area contributed by atoms with Crippen molar-refractivity contribution < 1.29 is 4.74 Å². The highest BCUT2D eigenvalue weighted by atomic mass is 35.5. The lowest BCUT2D eigenvalue weighted by molar-refractivity contribution is 0.0831. The molecule has 0 saturated carbocycles. The standard InChI is InChI=1S/C11H17ClN2O/c1-8(15-2)11(14-13)7-9-4-3-5-10(12)6-9/h3-6,8,11,14H,7,13H2,1-2H3. The molecule has 1 rings (SSSR count). The maximum atomic E-state index is 5.90. The first-order valence-electron chi connectivity index (χ1n) is 4.90.